The molecule has 20 heavy (non-hydrogen) atoms. The van der Waals surface area contributed by atoms with E-state index in [1.807, 2.05) is 19.2 Å². The fraction of sp³-hybridized carbons (Fsp3) is 0.455. The maximum Gasteiger partial charge on any atom is 0.185 e. The fourth-order valence-corrected chi connectivity index (χ4v) is 5.05. The average Bonchev–Trinajstić information content (AvgIpc) is 2.93. The van der Waals surface area contributed by atoms with Crippen LogP contribution in [0.5, 0.6) is 0 Å². The van der Waals surface area contributed by atoms with Crippen LogP contribution in [0.25, 0.3) is 0 Å². The van der Waals surface area contributed by atoms with Crippen molar-refractivity contribution in [3.63, 3.8) is 0 Å². The van der Waals surface area contributed by atoms with Crippen molar-refractivity contribution in [3.8, 4) is 0 Å². The van der Waals surface area contributed by atoms with Gasteiger partial charge in [-0.05, 0) is 24.9 Å². The van der Waals surface area contributed by atoms with Gasteiger partial charge in [0.1, 0.15) is 14.9 Å². The molecule has 0 unspecified atom stereocenters. The van der Waals surface area contributed by atoms with Crippen molar-refractivity contribution in [1.29, 1.82) is 0 Å². The van der Waals surface area contributed by atoms with E-state index in [2.05, 4.69) is 14.7 Å². The van der Waals surface area contributed by atoms with Crippen LogP contribution in [-0.2, 0) is 16.4 Å². The van der Waals surface area contributed by atoms with Crippen LogP contribution < -0.4 is 11.1 Å². The first-order chi connectivity index (χ1) is 9.44. The summed E-state index contributed by atoms with van der Waals surface area (Å²) in [5.41, 5.74) is 6.65. The molecule has 0 aliphatic carbocycles. The molecule has 2 rings (SSSR count). The molecule has 0 spiro atoms. The largest absolute Gasteiger partial charge is 0.382 e. The van der Waals surface area contributed by atoms with Crippen LogP contribution in [0.1, 0.15) is 24.0 Å². The van der Waals surface area contributed by atoms with E-state index >= 15 is 0 Å². The quantitative estimate of drug-likeness (QED) is 0.842. The number of thiazole rings is 1. The number of nitrogens with two attached hydrogens (primary N) is 1. The normalized spacial score (nSPS) is 11.7. The standard InChI is InChI=1S/C11H16N4O2S3/c1-3-4-20(16,17)9-10(12)15-19-11(9)13-5-8-14-7(2)6-18-8/h6,13H,3-5H2,1-2H3,(H2,12,15). The minimum absolute atomic E-state index is 0.0701. The van der Waals surface area contributed by atoms with E-state index in [1.165, 1.54) is 11.3 Å². The Morgan fingerprint density at radius 2 is 2.20 bits per heavy atom. The predicted molar refractivity (Wildman–Crippen MR) is 83.0 cm³/mol. The van der Waals surface area contributed by atoms with Crippen LogP contribution in [0.15, 0.2) is 10.3 Å². The molecule has 6 nitrogen and oxygen atoms in total. The molecule has 0 saturated heterocycles. The van der Waals surface area contributed by atoms with Gasteiger partial charge < -0.3 is 11.1 Å². The Morgan fingerprint density at radius 3 is 2.80 bits per heavy atom. The number of hydrogen-bond acceptors (Lipinski definition) is 8. The van der Waals surface area contributed by atoms with Gasteiger partial charge in [-0.2, -0.15) is 4.37 Å². The van der Waals surface area contributed by atoms with E-state index in [4.69, 9.17) is 5.73 Å². The summed E-state index contributed by atoms with van der Waals surface area (Å²) >= 11 is 2.60. The third-order valence-corrected chi connectivity index (χ3v) is 6.42. The Bertz CT molecular complexity index is 690. The zero-order chi connectivity index (χ0) is 14.8. The van der Waals surface area contributed by atoms with Crippen LogP contribution in [0, 0.1) is 6.92 Å². The van der Waals surface area contributed by atoms with Crippen molar-refractivity contribution < 1.29 is 8.42 Å². The molecule has 0 fully saturated rings. The number of nitrogen functional groups attached to an aromatic ring is 1. The second-order valence-corrected chi connectivity index (χ2v) is 8.04. The number of aryl methyl sites for hydroxylation is 1. The van der Waals surface area contributed by atoms with Crippen LogP contribution >= 0.6 is 22.9 Å². The lowest BCUT2D eigenvalue weighted by atomic mass is 10.5. The minimum atomic E-state index is -3.38. The second-order valence-electron chi connectivity index (χ2n) is 4.28. The van der Waals surface area contributed by atoms with Gasteiger partial charge in [-0.3, -0.25) is 0 Å². The van der Waals surface area contributed by atoms with Gasteiger partial charge in [0.25, 0.3) is 0 Å². The molecule has 0 saturated carbocycles. The summed E-state index contributed by atoms with van der Waals surface area (Å²) in [6, 6.07) is 0. The number of nitrogens with zero attached hydrogens (tertiary/aromatic N) is 2. The summed E-state index contributed by atoms with van der Waals surface area (Å²) in [5.74, 6) is 0.141. The summed E-state index contributed by atoms with van der Waals surface area (Å²) in [5, 5.41) is 6.41. The van der Waals surface area contributed by atoms with E-state index in [-0.39, 0.29) is 16.5 Å². The third-order valence-electron chi connectivity index (χ3n) is 2.52. The van der Waals surface area contributed by atoms with Crippen molar-refractivity contribution in [2.45, 2.75) is 31.7 Å². The summed E-state index contributed by atoms with van der Waals surface area (Å²) in [6.07, 6.45) is 0.544. The van der Waals surface area contributed by atoms with E-state index in [1.54, 1.807) is 0 Å². The maximum atomic E-state index is 12.2. The molecule has 0 bridgehead atoms. The van der Waals surface area contributed by atoms with Gasteiger partial charge in [0.05, 0.1) is 12.3 Å². The number of aromatic nitrogens is 2. The highest BCUT2D eigenvalue weighted by Gasteiger charge is 2.24. The van der Waals surface area contributed by atoms with Gasteiger partial charge in [0.2, 0.25) is 0 Å². The van der Waals surface area contributed by atoms with Crippen LogP contribution in [0.2, 0.25) is 0 Å². The lowest BCUT2D eigenvalue weighted by molar-refractivity contribution is 0.595. The molecule has 3 N–H and O–H groups in total. The number of anilines is 2. The van der Waals surface area contributed by atoms with Gasteiger partial charge in [0.15, 0.2) is 15.7 Å². The maximum absolute atomic E-state index is 12.2. The van der Waals surface area contributed by atoms with Gasteiger partial charge in [-0.15, -0.1) is 11.3 Å². The van der Waals surface area contributed by atoms with Gasteiger partial charge in [-0.1, -0.05) is 6.92 Å². The predicted octanol–water partition coefficient (Wildman–Crippen LogP) is 2.29. The van der Waals surface area contributed by atoms with Crippen LogP contribution in [-0.4, -0.2) is 23.5 Å². The second kappa shape index (κ2) is 6.06. The lowest BCUT2D eigenvalue weighted by Gasteiger charge is -2.06. The van der Waals surface area contributed by atoms with Gasteiger partial charge >= 0.3 is 0 Å². The summed E-state index contributed by atoms with van der Waals surface area (Å²) in [6.45, 7) is 4.20. The number of hydrogen-bond donors (Lipinski definition) is 2. The molecule has 0 amide bonds. The first kappa shape index (κ1) is 15.2. The molecule has 0 aromatic carbocycles. The fourth-order valence-electron chi connectivity index (χ4n) is 1.72. The molecule has 9 heteroatoms. The topological polar surface area (TPSA) is 98.0 Å². The van der Waals surface area contributed by atoms with E-state index in [0.717, 1.165) is 22.2 Å². The number of nitrogens with one attached hydrogen (secondary N) is 1. The molecule has 0 aliphatic rings. The Hall–Kier alpha value is -1.19. The average molecular weight is 332 g/mol. The molecular formula is C11H16N4O2S3. The highest BCUT2D eigenvalue weighted by molar-refractivity contribution is 7.91. The highest BCUT2D eigenvalue weighted by atomic mass is 32.2. The Balaban J connectivity index is 2.21. The lowest BCUT2D eigenvalue weighted by Crippen LogP contribution is -2.10. The molecule has 2 aromatic rings. The summed E-state index contributed by atoms with van der Waals surface area (Å²) < 4.78 is 28.3. The van der Waals surface area contributed by atoms with Crippen LogP contribution in [0.4, 0.5) is 10.8 Å². The van der Waals surface area contributed by atoms with Crippen molar-refractivity contribution >= 4 is 43.5 Å². The molecule has 2 heterocycles. The molecule has 2 aromatic heterocycles. The Morgan fingerprint density at radius 1 is 1.45 bits per heavy atom. The Kier molecular flexibility index (Phi) is 4.61. The minimum Gasteiger partial charge on any atom is -0.382 e. The highest BCUT2D eigenvalue weighted by Crippen LogP contribution is 2.33. The van der Waals surface area contributed by atoms with Crippen molar-refractivity contribution in [3.05, 3.63) is 16.1 Å². The van der Waals surface area contributed by atoms with Gasteiger partial charge in [0, 0.05) is 11.1 Å². The third kappa shape index (κ3) is 3.28. The first-order valence-electron chi connectivity index (χ1n) is 6.07. The zero-order valence-corrected chi connectivity index (χ0v) is 13.7. The number of sulfone groups is 1. The number of rotatable bonds is 6. The SMILES string of the molecule is CCCS(=O)(=O)c1c(N)nsc1NCc1nc(C)cs1. The zero-order valence-electron chi connectivity index (χ0n) is 11.2. The van der Waals surface area contributed by atoms with E-state index in [9.17, 15) is 8.42 Å². The first-order valence-corrected chi connectivity index (χ1v) is 9.37. The molecular weight excluding hydrogens is 316 g/mol. The van der Waals surface area contributed by atoms with Crippen molar-refractivity contribution in [2.24, 2.45) is 0 Å². The van der Waals surface area contributed by atoms with E-state index in [0.29, 0.717) is 18.0 Å². The van der Waals surface area contributed by atoms with Crippen LogP contribution in [0.3, 0.4) is 0 Å². The summed E-state index contributed by atoms with van der Waals surface area (Å²) in [7, 11) is -3.38. The summed E-state index contributed by atoms with van der Waals surface area (Å²) in [4.78, 5) is 4.44. The monoisotopic (exact) mass is 332 g/mol. The molecule has 110 valence electrons. The van der Waals surface area contributed by atoms with Crippen molar-refractivity contribution in [2.75, 3.05) is 16.8 Å². The van der Waals surface area contributed by atoms with Gasteiger partial charge in [-0.25, -0.2) is 13.4 Å². The smallest absolute Gasteiger partial charge is 0.185 e. The Labute approximate surface area is 126 Å². The van der Waals surface area contributed by atoms with E-state index < -0.39 is 9.84 Å². The van der Waals surface area contributed by atoms with Crippen molar-refractivity contribution in [1.82, 2.24) is 9.36 Å². The molecule has 0 atom stereocenters. The molecule has 0 aliphatic heterocycles. The molecule has 0 radical (unpaired) electrons.